The number of hydrogen-bond acceptors (Lipinski definition) is 2. The minimum absolute atomic E-state index is 0.0969. The van der Waals surface area contributed by atoms with Gasteiger partial charge >= 0.3 is 0 Å². The van der Waals surface area contributed by atoms with E-state index in [2.05, 4.69) is 4.99 Å². The zero-order chi connectivity index (χ0) is 12.3. The molecule has 0 radical (unpaired) electrons. The second kappa shape index (κ2) is 5.21. The molecule has 86 valence electrons. The van der Waals surface area contributed by atoms with Crippen LogP contribution in [0.2, 0.25) is 10.0 Å². The molecule has 0 aliphatic carbocycles. The van der Waals surface area contributed by atoms with Gasteiger partial charge in [-0.2, -0.15) is 0 Å². The average molecular weight is 266 g/mol. The Morgan fingerprint density at radius 1 is 0.941 bits per heavy atom. The Morgan fingerprint density at radius 2 is 1.59 bits per heavy atom. The summed E-state index contributed by atoms with van der Waals surface area (Å²) in [7, 11) is 0. The maximum atomic E-state index is 9.56. The zero-order valence-electron chi connectivity index (χ0n) is 8.77. The molecule has 0 saturated carbocycles. The summed E-state index contributed by atoms with van der Waals surface area (Å²) in [6.45, 7) is 0. The molecular formula is C13H9Cl2NO. The summed E-state index contributed by atoms with van der Waals surface area (Å²) in [6, 6.07) is 12.0. The number of aliphatic imine (C=N–C) groups is 1. The second-order valence-electron chi connectivity index (χ2n) is 3.44. The SMILES string of the molecule is Oc1ccc(Cl)cc1N=Cc1ccc(Cl)cc1. The highest BCUT2D eigenvalue weighted by atomic mass is 35.5. The van der Waals surface area contributed by atoms with E-state index >= 15 is 0 Å². The number of halogens is 2. The number of aromatic hydroxyl groups is 1. The monoisotopic (exact) mass is 265 g/mol. The Balaban J connectivity index is 2.25. The molecule has 17 heavy (non-hydrogen) atoms. The van der Waals surface area contributed by atoms with Crippen molar-refractivity contribution in [3.63, 3.8) is 0 Å². The quantitative estimate of drug-likeness (QED) is 0.800. The molecule has 0 atom stereocenters. The number of rotatable bonds is 2. The largest absolute Gasteiger partial charge is 0.506 e. The number of phenolic OH excluding ortho intramolecular Hbond substituents is 1. The van der Waals surface area contributed by atoms with E-state index in [4.69, 9.17) is 23.2 Å². The first-order valence-electron chi connectivity index (χ1n) is 4.93. The van der Waals surface area contributed by atoms with Gasteiger partial charge in [0.15, 0.2) is 0 Å². The van der Waals surface area contributed by atoms with Crippen LogP contribution in [0, 0.1) is 0 Å². The van der Waals surface area contributed by atoms with E-state index in [0.717, 1.165) is 5.56 Å². The molecule has 0 aromatic heterocycles. The summed E-state index contributed by atoms with van der Waals surface area (Å²) >= 11 is 11.6. The first-order valence-corrected chi connectivity index (χ1v) is 5.69. The molecule has 2 nitrogen and oxygen atoms in total. The fraction of sp³-hybridized carbons (Fsp3) is 0. The summed E-state index contributed by atoms with van der Waals surface area (Å²) < 4.78 is 0. The lowest BCUT2D eigenvalue weighted by Gasteiger charge is -1.99. The minimum atomic E-state index is 0.0969. The van der Waals surface area contributed by atoms with Crippen molar-refractivity contribution >= 4 is 35.1 Å². The molecule has 2 aromatic rings. The summed E-state index contributed by atoms with van der Waals surface area (Å²) in [6.07, 6.45) is 1.64. The van der Waals surface area contributed by atoms with Crippen LogP contribution in [0.3, 0.4) is 0 Å². The maximum Gasteiger partial charge on any atom is 0.141 e. The molecular weight excluding hydrogens is 257 g/mol. The van der Waals surface area contributed by atoms with Crippen LogP contribution in [0.15, 0.2) is 47.5 Å². The van der Waals surface area contributed by atoms with E-state index in [1.54, 1.807) is 30.5 Å². The second-order valence-corrected chi connectivity index (χ2v) is 4.32. The molecule has 0 aliphatic rings. The van der Waals surface area contributed by atoms with Crippen molar-refractivity contribution in [2.75, 3.05) is 0 Å². The van der Waals surface area contributed by atoms with Crippen molar-refractivity contribution in [1.82, 2.24) is 0 Å². The maximum absolute atomic E-state index is 9.56. The molecule has 2 aromatic carbocycles. The molecule has 0 bridgehead atoms. The van der Waals surface area contributed by atoms with Crippen LogP contribution in [0.1, 0.15) is 5.56 Å². The molecule has 0 heterocycles. The summed E-state index contributed by atoms with van der Waals surface area (Å²) in [4.78, 5) is 4.16. The van der Waals surface area contributed by atoms with Crippen molar-refractivity contribution in [3.8, 4) is 5.75 Å². The fourth-order valence-electron chi connectivity index (χ4n) is 1.29. The lowest BCUT2D eigenvalue weighted by Crippen LogP contribution is -1.79. The highest BCUT2D eigenvalue weighted by Crippen LogP contribution is 2.29. The van der Waals surface area contributed by atoms with Crippen LogP contribution in [-0.2, 0) is 0 Å². The van der Waals surface area contributed by atoms with Gasteiger partial charge in [0.1, 0.15) is 11.4 Å². The van der Waals surface area contributed by atoms with Gasteiger partial charge in [0, 0.05) is 16.3 Å². The lowest BCUT2D eigenvalue weighted by molar-refractivity contribution is 0.477. The molecule has 0 aliphatic heterocycles. The van der Waals surface area contributed by atoms with Gasteiger partial charge in [-0.1, -0.05) is 35.3 Å². The number of nitrogens with zero attached hydrogens (tertiary/aromatic N) is 1. The number of hydrogen-bond donors (Lipinski definition) is 1. The summed E-state index contributed by atoms with van der Waals surface area (Å²) in [5, 5.41) is 10.8. The van der Waals surface area contributed by atoms with Crippen LogP contribution in [0.5, 0.6) is 5.75 Å². The lowest BCUT2D eigenvalue weighted by atomic mass is 10.2. The Kier molecular flexibility index (Phi) is 3.67. The minimum Gasteiger partial charge on any atom is -0.506 e. The first kappa shape index (κ1) is 12.0. The normalized spacial score (nSPS) is 10.9. The third kappa shape index (κ3) is 3.22. The van der Waals surface area contributed by atoms with Crippen molar-refractivity contribution in [2.45, 2.75) is 0 Å². The molecule has 0 unspecified atom stereocenters. The van der Waals surface area contributed by atoms with Crippen LogP contribution in [0.25, 0.3) is 0 Å². The topological polar surface area (TPSA) is 32.6 Å². The van der Waals surface area contributed by atoms with E-state index in [1.807, 2.05) is 12.1 Å². The molecule has 1 N–H and O–H groups in total. The Hall–Kier alpha value is -1.51. The van der Waals surface area contributed by atoms with Gasteiger partial charge in [0.2, 0.25) is 0 Å². The molecule has 2 rings (SSSR count). The number of phenols is 1. The smallest absolute Gasteiger partial charge is 0.141 e. The van der Waals surface area contributed by atoms with Crippen LogP contribution in [-0.4, -0.2) is 11.3 Å². The average Bonchev–Trinajstić information content (AvgIpc) is 2.32. The van der Waals surface area contributed by atoms with E-state index in [-0.39, 0.29) is 5.75 Å². The van der Waals surface area contributed by atoms with Gasteiger partial charge in [-0.05, 0) is 35.9 Å². The van der Waals surface area contributed by atoms with E-state index < -0.39 is 0 Å². The van der Waals surface area contributed by atoms with Crippen molar-refractivity contribution in [3.05, 3.63) is 58.1 Å². The Labute approximate surface area is 109 Å². The predicted octanol–water partition coefficient (Wildman–Crippen LogP) is 4.45. The van der Waals surface area contributed by atoms with Crippen molar-refractivity contribution in [2.24, 2.45) is 4.99 Å². The Bertz CT molecular complexity index is 550. The van der Waals surface area contributed by atoms with Gasteiger partial charge in [-0.3, -0.25) is 4.99 Å². The standard InChI is InChI=1S/C13H9Cl2NO/c14-10-3-1-9(2-4-10)8-16-12-7-11(15)5-6-13(12)17/h1-8,17H. The van der Waals surface area contributed by atoms with Crippen LogP contribution in [0.4, 0.5) is 5.69 Å². The molecule has 0 saturated heterocycles. The Morgan fingerprint density at radius 3 is 2.29 bits per heavy atom. The molecule has 0 fully saturated rings. The predicted molar refractivity (Wildman–Crippen MR) is 71.8 cm³/mol. The van der Waals surface area contributed by atoms with Gasteiger partial charge in [0.25, 0.3) is 0 Å². The fourth-order valence-corrected chi connectivity index (χ4v) is 1.59. The third-order valence-electron chi connectivity index (χ3n) is 2.16. The molecule has 0 spiro atoms. The molecule has 4 heteroatoms. The van der Waals surface area contributed by atoms with Gasteiger partial charge in [-0.25, -0.2) is 0 Å². The first-order chi connectivity index (χ1) is 8.15. The zero-order valence-corrected chi connectivity index (χ0v) is 10.3. The van der Waals surface area contributed by atoms with E-state index in [1.165, 1.54) is 6.07 Å². The van der Waals surface area contributed by atoms with Crippen molar-refractivity contribution in [1.29, 1.82) is 0 Å². The highest BCUT2D eigenvalue weighted by molar-refractivity contribution is 6.31. The molecule has 0 amide bonds. The van der Waals surface area contributed by atoms with Crippen LogP contribution >= 0.6 is 23.2 Å². The van der Waals surface area contributed by atoms with E-state index in [9.17, 15) is 5.11 Å². The van der Waals surface area contributed by atoms with Crippen LogP contribution < -0.4 is 0 Å². The van der Waals surface area contributed by atoms with E-state index in [0.29, 0.717) is 15.7 Å². The van der Waals surface area contributed by atoms with Gasteiger partial charge in [0.05, 0.1) is 0 Å². The van der Waals surface area contributed by atoms with Gasteiger partial charge in [-0.15, -0.1) is 0 Å². The highest BCUT2D eigenvalue weighted by Gasteiger charge is 1.99. The summed E-state index contributed by atoms with van der Waals surface area (Å²) in [5.41, 5.74) is 1.33. The summed E-state index contributed by atoms with van der Waals surface area (Å²) in [5.74, 6) is 0.0969. The van der Waals surface area contributed by atoms with Crippen molar-refractivity contribution < 1.29 is 5.11 Å². The third-order valence-corrected chi connectivity index (χ3v) is 2.65. The van der Waals surface area contributed by atoms with Gasteiger partial charge < -0.3 is 5.11 Å². The number of benzene rings is 2.